The Kier molecular flexibility index (Phi) is 3.97. The van der Waals surface area contributed by atoms with E-state index in [0.717, 1.165) is 6.42 Å². The van der Waals surface area contributed by atoms with Crippen molar-refractivity contribution in [1.82, 2.24) is 0 Å². The maximum absolute atomic E-state index is 11.1. The van der Waals surface area contributed by atoms with Crippen molar-refractivity contribution in [2.24, 2.45) is 5.92 Å². The van der Waals surface area contributed by atoms with Gasteiger partial charge in [0.05, 0.1) is 17.6 Å². The quantitative estimate of drug-likeness (QED) is 0.552. The van der Waals surface area contributed by atoms with Gasteiger partial charge in [-0.05, 0) is 25.2 Å². The Morgan fingerprint density at radius 3 is 2.79 bits per heavy atom. The SMILES string of the molecule is C#CCCCC(O)C1CCS(=O)(=O)C1. The number of terminal acetylenes is 1. The first-order chi connectivity index (χ1) is 6.55. The molecule has 4 heteroatoms. The zero-order valence-electron chi connectivity index (χ0n) is 8.15. The Bertz CT molecular complexity index is 313. The van der Waals surface area contributed by atoms with Crippen molar-refractivity contribution in [2.75, 3.05) is 11.5 Å². The molecule has 0 radical (unpaired) electrons. The van der Waals surface area contributed by atoms with Gasteiger partial charge in [0.2, 0.25) is 0 Å². The Balaban J connectivity index is 2.33. The molecule has 0 aliphatic carbocycles. The number of aliphatic hydroxyl groups is 1. The number of hydrogen-bond acceptors (Lipinski definition) is 3. The van der Waals surface area contributed by atoms with E-state index in [4.69, 9.17) is 6.42 Å². The summed E-state index contributed by atoms with van der Waals surface area (Å²) in [5, 5.41) is 9.67. The van der Waals surface area contributed by atoms with E-state index in [1.165, 1.54) is 0 Å². The van der Waals surface area contributed by atoms with Crippen LogP contribution in [0.25, 0.3) is 0 Å². The molecule has 1 rings (SSSR count). The fourth-order valence-corrected chi connectivity index (χ4v) is 3.65. The van der Waals surface area contributed by atoms with Gasteiger partial charge in [0, 0.05) is 6.42 Å². The predicted molar refractivity (Wildman–Crippen MR) is 55.5 cm³/mol. The van der Waals surface area contributed by atoms with Gasteiger partial charge in [-0.25, -0.2) is 8.42 Å². The van der Waals surface area contributed by atoms with Crippen LogP contribution in [0.2, 0.25) is 0 Å². The molecule has 0 saturated carbocycles. The second-order valence-electron chi connectivity index (χ2n) is 3.83. The molecule has 1 N–H and O–H groups in total. The standard InChI is InChI=1S/C10H16O3S/c1-2-3-4-5-10(11)9-6-7-14(12,13)8-9/h1,9-11H,3-8H2. The van der Waals surface area contributed by atoms with Gasteiger partial charge in [-0.2, -0.15) is 0 Å². The van der Waals surface area contributed by atoms with E-state index in [9.17, 15) is 13.5 Å². The lowest BCUT2D eigenvalue weighted by molar-refractivity contribution is 0.109. The van der Waals surface area contributed by atoms with E-state index >= 15 is 0 Å². The number of unbranched alkanes of at least 4 members (excludes halogenated alkanes) is 1. The smallest absolute Gasteiger partial charge is 0.150 e. The highest BCUT2D eigenvalue weighted by molar-refractivity contribution is 7.91. The highest BCUT2D eigenvalue weighted by Gasteiger charge is 2.32. The third kappa shape index (κ3) is 3.32. The summed E-state index contributed by atoms with van der Waals surface area (Å²) in [6.45, 7) is 0. The highest BCUT2D eigenvalue weighted by Crippen LogP contribution is 2.24. The molecule has 1 saturated heterocycles. The van der Waals surface area contributed by atoms with Crippen LogP contribution in [0.3, 0.4) is 0 Å². The van der Waals surface area contributed by atoms with E-state index in [2.05, 4.69) is 5.92 Å². The number of sulfone groups is 1. The molecule has 1 heterocycles. The first-order valence-corrected chi connectivity index (χ1v) is 6.69. The highest BCUT2D eigenvalue weighted by atomic mass is 32.2. The Morgan fingerprint density at radius 1 is 1.57 bits per heavy atom. The Morgan fingerprint density at radius 2 is 2.29 bits per heavy atom. The van der Waals surface area contributed by atoms with Crippen molar-refractivity contribution in [3.05, 3.63) is 0 Å². The average Bonchev–Trinajstić information content (AvgIpc) is 2.46. The summed E-state index contributed by atoms with van der Waals surface area (Å²) in [4.78, 5) is 0. The molecule has 1 aliphatic rings. The molecular weight excluding hydrogens is 200 g/mol. The lowest BCUT2D eigenvalue weighted by atomic mass is 9.97. The zero-order chi connectivity index (χ0) is 10.6. The topological polar surface area (TPSA) is 54.4 Å². The van der Waals surface area contributed by atoms with Crippen LogP contribution in [0.4, 0.5) is 0 Å². The van der Waals surface area contributed by atoms with E-state index in [0.29, 0.717) is 19.3 Å². The summed E-state index contributed by atoms with van der Waals surface area (Å²) < 4.78 is 22.3. The second-order valence-corrected chi connectivity index (χ2v) is 6.06. The molecule has 2 unspecified atom stereocenters. The average molecular weight is 216 g/mol. The lowest BCUT2D eigenvalue weighted by Crippen LogP contribution is -2.21. The van der Waals surface area contributed by atoms with Crippen LogP contribution in [0, 0.1) is 18.3 Å². The third-order valence-electron chi connectivity index (χ3n) is 2.63. The normalized spacial score (nSPS) is 27.0. The lowest BCUT2D eigenvalue weighted by Gasteiger charge is -2.15. The maximum atomic E-state index is 11.1. The molecule has 0 spiro atoms. The van der Waals surface area contributed by atoms with Crippen LogP contribution >= 0.6 is 0 Å². The van der Waals surface area contributed by atoms with E-state index in [1.807, 2.05) is 0 Å². The summed E-state index contributed by atoms with van der Waals surface area (Å²) >= 11 is 0. The van der Waals surface area contributed by atoms with Crippen molar-refractivity contribution >= 4 is 9.84 Å². The molecule has 3 nitrogen and oxygen atoms in total. The van der Waals surface area contributed by atoms with E-state index in [1.54, 1.807) is 0 Å². The summed E-state index contributed by atoms with van der Waals surface area (Å²) in [5.41, 5.74) is 0. The third-order valence-corrected chi connectivity index (χ3v) is 4.43. The molecule has 1 fully saturated rings. The molecule has 0 aromatic rings. The fourth-order valence-electron chi connectivity index (χ4n) is 1.78. The number of hydrogen-bond donors (Lipinski definition) is 1. The summed E-state index contributed by atoms with van der Waals surface area (Å²) in [5.74, 6) is 2.80. The van der Waals surface area contributed by atoms with Gasteiger partial charge in [0.15, 0.2) is 9.84 Å². The van der Waals surface area contributed by atoms with Gasteiger partial charge in [-0.3, -0.25) is 0 Å². The van der Waals surface area contributed by atoms with Crippen LogP contribution in [-0.2, 0) is 9.84 Å². The van der Waals surface area contributed by atoms with Crippen molar-refractivity contribution in [2.45, 2.75) is 31.8 Å². The van der Waals surface area contributed by atoms with Crippen molar-refractivity contribution in [3.8, 4) is 12.3 Å². The second kappa shape index (κ2) is 4.81. The molecule has 0 aromatic carbocycles. The molecule has 1 aliphatic heterocycles. The van der Waals surface area contributed by atoms with Gasteiger partial charge in [0.25, 0.3) is 0 Å². The fraction of sp³-hybridized carbons (Fsp3) is 0.800. The van der Waals surface area contributed by atoms with Crippen LogP contribution in [0.15, 0.2) is 0 Å². The van der Waals surface area contributed by atoms with Gasteiger partial charge in [0.1, 0.15) is 0 Å². The molecule has 0 bridgehead atoms. The Labute approximate surface area is 85.4 Å². The molecular formula is C10H16O3S. The van der Waals surface area contributed by atoms with E-state index < -0.39 is 15.9 Å². The first kappa shape index (κ1) is 11.5. The molecule has 0 amide bonds. The van der Waals surface area contributed by atoms with Crippen molar-refractivity contribution in [3.63, 3.8) is 0 Å². The zero-order valence-corrected chi connectivity index (χ0v) is 8.96. The van der Waals surface area contributed by atoms with Crippen LogP contribution < -0.4 is 0 Å². The van der Waals surface area contributed by atoms with Gasteiger partial charge >= 0.3 is 0 Å². The molecule has 80 valence electrons. The molecule has 14 heavy (non-hydrogen) atoms. The van der Waals surface area contributed by atoms with Crippen LogP contribution in [0.5, 0.6) is 0 Å². The van der Waals surface area contributed by atoms with Gasteiger partial charge in [-0.15, -0.1) is 12.3 Å². The first-order valence-electron chi connectivity index (χ1n) is 4.87. The summed E-state index contributed by atoms with van der Waals surface area (Å²) in [6.07, 6.45) is 7.22. The minimum absolute atomic E-state index is 0.0715. The number of aliphatic hydroxyl groups excluding tert-OH is 1. The summed E-state index contributed by atoms with van der Waals surface area (Å²) in [6, 6.07) is 0. The largest absolute Gasteiger partial charge is 0.393 e. The predicted octanol–water partition coefficient (Wildman–Crippen LogP) is 0.585. The van der Waals surface area contributed by atoms with Crippen molar-refractivity contribution in [1.29, 1.82) is 0 Å². The van der Waals surface area contributed by atoms with Crippen LogP contribution in [0.1, 0.15) is 25.7 Å². The van der Waals surface area contributed by atoms with E-state index in [-0.39, 0.29) is 17.4 Å². The van der Waals surface area contributed by atoms with Gasteiger partial charge < -0.3 is 5.11 Å². The van der Waals surface area contributed by atoms with Crippen molar-refractivity contribution < 1.29 is 13.5 Å². The maximum Gasteiger partial charge on any atom is 0.150 e. The Hall–Kier alpha value is -0.530. The van der Waals surface area contributed by atoms with Gasteiger partial charge in [-0.1, -0.05) is 0 Å². The minimum Gasteiger partial charge on any atom is -0.393 e. The van der Waals surface area contributed by atoms with Crippen LogP contribution in [-0.4, -0.2) is 31.1 Å². The minimum atomic E-state index is -2.87. The number of rotatable bonds is 4. The summed E-state index contributed by atoms with van der Waals surface area (Å²) in [7, 11) is -2.87. The monoisotopic (exact) mass is 216 g/mol. The molecule has 2 atom stereocenters. The molecule has 0 aromatic heterocycles.